The van der Waals surface area contributed by atoms with E-state index < -0.39 is 0 Å². The molecule has 86 valence electrons. The van der Waals surface area contributed by atoms with Crippen molar-refractivity contribution in [3.8, 4) is 0 Å². The molecule has 1 aromatic carbocycles. The lowest BCUT2D eigenvalue weighted by atomic mass is 10.0. The Bertz CT molecular complexity index is 438. The zero-order chi connectivity index (χ0) is 11.7. The molecule has 0 fully saturated rings. The van der Waals surface area contributed by atoms with Gasteiger partial charge in [0.25, 0.3) is 0 Å². The van der Waals surface area contributed by atoms with Crippen LogP contribution in [-0.4, -0.2) is 18.3 Å². The van der Waals surface area contributed by atoms with Crippen molar-refractivity contribution >= 4 is 39.1 Å². The minimum Gasteiger partial charge on any atom is -0.308 e. The van der Waals surface area contributed by atoms with Crippen molar-refractivity contribution in [1.29, 1.82) is 0 Å². The molecule has 0 radical (unpaired) electrons. The van der Waals surface area contributed by atoms with E-state index in [4.69, 9.17) is 11.6 Å². The highest BCUT2D eigenvalue weighted by molar-refractivity contribution is 9.10. The largest absolute Gasteiger partial charge is 0.308 e. The summed E-state index contributed by atoms with van der Waals surface area (Å²) in [4.78, 5) is 13.0. The molecule has 5 heteroatoms. The Morgan fingerprint density at radius 1 is 1.56 bits per heavy atom. The smallest absolute Gasteiger partial charge is 0.241 e. The van der Waals surface area contributed by atoms with E-state index in [9.17, 15) is 9.18 Å². The standard InChI is InChI=1S/C11H10BrClFNO/c12-8-4-7-2-1-3-15(10(16)6-13)11(7)9(14)5-8/h4-5H,1-3,6H2. The number of aryl methyl sites for hydroxylation is 1. The van der Waals surface area contributed by atoms with E-state index in [1.165, 1.54) is 11.0 Å². The molecule has 0 bridgehead atoms. The summed E-state index contributed by atoms with van der Waals surface area (Å²) in [5, 5.41) is 0. The molecule has 1 aromatic rings. The van der Waals surface area contributed by atoms with Crippen LogP contribution in [0.4, 0.5) is 10.1 Å². The van der Waals surface area contributed by atoms with Crippen LogP contribution in [-0.2, 0) is 11.2 Å². The first-order valence-corrected chi connectivity index (χ1v) is 6.30. The fraction of sp³-hybridized carbons (Fsp3) is 0.364. The van der Waals surface area contributed by atoms with E-state index >= 15 is 0 Å². The third-order valence-corrected chi connectivity index (χ3v) is 3.31. The van der Waals surface area contributed by atoms with Crippen LogP contribution in [0.3, 0.4) is 0 Å². The topological polar surface area (TPSA) is 20.3 Å². The molecule has 0 aromatic heterocycles. The zero-order valence-corrected chi connectivity index (χ0v) is 10.8. The third kappa shape index (κ3) is 2.09. The van der Waals surface area contributed by atoms with Crippen LogP contribution in [0.15, 0.2) is 16.6 Å². The van der Waals surface area contributed by atoms with Crippen LogP contribution in [0.25, 0.3) is 0 Å². The van der Waals surface area contributed by atoms with Gasteiger partial charge in [0.1, 0.15) is 11.7 Å². The van der Waals surface area contributed by atoms with Gasteiger partial charge in [-0.15, -0.1) is 11.6 Å². The average molecular weight is 307 g/mol. The minimum atomic E-state index is -0.373. The number of fused-ring (bicyclic) bond motifs is 1. The van der Waals surface area contributed by atoms with Crippen molar-refractivity contribution in [2.45, 2.75) is 12.8 Å². The lowest BCUT2D eigenvalue weighted by molar-refractivity contribution is -0.116. The monoisotopic (exact) mass is 305 g/mol. The molecule has 0 saturated carbocycles. The molecule has 1 amide bonds. The Hall–Kier alpha value is -0.610. The fourth-order valence-corrected chi connectivity index (χ4v) is 2.59. The molecule has 1 aliphatic heterocycles. The van der Waals surface area contributed by atoms with Gasteiger partial charge in [0.2, 0.25) is 5.91 Å². The first kappa shape index (κ1) is 11.9. The Morgan fingerprint density at radius 3 is 3.00 bits per heavy atom. The molecule has 0 aliphatic carbocycles. The Balaban J connectivity index is 2.49. The van der Waals surface area contributed by atoms with Gasteiger partial charge in [0.15, 0.2) is 0 Å². The molecule has 0 saturated heterocycles. The van der Waals surface area contributed by atoms with E-state index in [1.807, 2.05) is 6.07 Å². The summed E-state index contributed by atoms with van der Waals surface area (Å²) in [5.41, 5.74) is 1.25. The second kappa shape index (κ2) is 4.72. The van der Waals surface area contributed by atoms with Gasteiger partial charge in [-0.25, -0.2) is 4.39 Å². The van der Waals surface area contributed by atoms with Gasteiger partial charge in [-0.3, -0.25) is 4.79 Å². The number of hydrogen-bond donors (Lipinski definition) is 0. The van der Waals surface area contributed by atoms with Gasteiger partial charge in [-0.2, -0.15) is 0 Å². The van der Waals surface area contributed by atoms with Gasteiger partial charge in [-0.1, -0.05) is 15.9 Å². The van der Waals surface area contributed by atoms with Crippen molar-refractivity contribution < 1.29 is 9.18 Å². The van der Waals surface area contributed by atoms with Gasteiger partial charge >= 0.3 is 0 Å². The molecule has 0 spiro atoms. The summed E-state index contributed by atoms with van der Waals surface area (Å²) >= 11 is 8.76. The minimum absolute atomic E-state index is 0.116. The van der Waals surface area contributed by atoms with Crippen LogP contribution in [0.2, 0.25) is 0 Å². The first-order chi connectivity index (χ1) is 7.63. The van der Waals surface area contributed by atoms with Crippen molar-refractivity contribution in [2.24, 2.45) is 0 Å². The fourth-order valence-electron chi connectivity index (χ4n) is 1.97. The maximum atomic E-state index is 13.8. The van der Waals surface area contributed by atoms with Gasteiger partial charge < -0.3 is 4.90 Å². The molecule has 0 atom stereocenters. The maximum Gasteiger partial charge on any atom is 0.241 e. The van der Waals surface area contributed by atoms with Crippen molar-refractivity contribution in [3.63, 3.8) is 0 Å². The lowest BCUT2D eigenvalue weighted by Crippen LogP contribution is -2.37. The SMILES string of the molecule is O=C(CCl)N1CCCc2cc(Br)cc(F)c21. The molecule has 16 heavy (non-hydrogen) atoms. The number of nitrogens with zero attached hydrogens (tertiary/aromatic N) is 1. The summed E-state index contributed by atoms with van der Waals surface area (Å²) in [6.07, 6.45) is 1.63. The van der Waals surface area contributed by atoms with E-state index in [-0.39, 0.29) is 17.6 Å². The number of hydrogen-bond acceptors (Lipinski definition) is 1. The predicted molar refractivity (Wildman–Crippen MR) is 65.5 cm³/mol. The van der Waals surface area contributed by atoms with Crippen molar-refractivity contribution in [3.05, 3.63) is 28.0 Å². The summed E-state index contributed by atoms with van der Waals surface area (Å²) in [6, 6.07) is 3.23. The Labute approximate surface area is 107 Å². The van der Waals surface area contributed by atoms with Crippen LogP contribution in [0, 0.1) is 5.82 Å². The van der Waals surface area contributed by atoms with Crippen molar-refractivity contribution in [2.75, 3.05) is 17.3 Å². The summed E-state index contributed by atoms with van der Waals surface area (Å²) < 4.78 is 14.5. The van der Waals surface area contributed by atoms with E-state index in [2.05, 4.69) is 15.9 Å². The summed E-state index contributed by atoms with van der Waals surface area (Å²) in [6.45, 7) is 0.539. The molecule has 2 rings (SSSR count). The third-order valence-electron chi connectivity index (χ3n) is 2.62. The Kier molecular flexibility index (Phi) is 3.50. The maximum absolute atomic E-state index is 13.8. The highest BCUT2D eigenvalue weighted by Gasteiger charge is 2.25. The molecule has 2 nitrogen and oxygen atoms in total. The predicted octanol–water partition coefficient (Wildman–Crippen LogP) is 3.11. The second-order valence-electron chi connectivity index (χ2n) is 3.68. The van der Waals surface area contributed by atoms with E-state index in [0.717, 1.165) is 18.4 Å². The lowest BCUT2D eigenvalue weighted by Gasteiger charge is -2.29. The quantitative estimate of drug-likeness (QED) is 0.730. The van der Waals surface area contributed by atoms with Gasteiger partial charge in [0.05, 0.1) is 5.69 Å². The average Bonchev–Trinajstić information content (AvgIpc) is 2.26. The number of carbonyl (C=O) groups excluding carboxylic acids is 1. The van der Waals surface area contributed by atoms with Crippen molar-refractivity contribution in [1.82, 2.24) is 0 Å². The van der Waals surface area contributed by atoms with Crippen LogP contribution >= 0.6 is 27.5 Å². The molecular weight excluding hydrogens is 296 g/mol. The number of carbonyl (C=O) groups is 1. The molecule has 1 aliphatic rings. The number of anilines is 1. The normalized spacial score (nSPS) is 14.8. The first-order valence-electron chi connectivity index (χ1n) is 4.97. The number of halogens is 3. The number of rotatable bonds is 1. The Morgan fingerprint density at radius 2 is 2.31 bits per heavy atom. The number of alkyl halides is 1. The number of benzene rings is 1. The highest BCUT2D eigenvalue weighted by Crippen LogP contribution is 2.32. The second-order valence-corrected chi connectivity index (χ2v) is 4.86. The molecular formula is C11H10BrClFNO. The summed E-state index contributed by atoms with van der Waals surface area (Å²) in [7, 11) is 0. The van der Waals surface area contributed by atoms with Crippen LogP contribution < -0.4 is 4.90 Å². The van der Waals surface area contributed by atoms with Gasteiger partial charge in [-0.05, 0) is 30.5 Å². The number of amides is 1. The van der Waals surface area contributed by atoms with E-state index in [0.29, 0.717) is 16.7 Å². The molecule has 1 heterocycles. The molecule has 0 N–H and O–H groups in total. The van der Waals surface area contributed by atoms with E-state index in [1.54, 1.807) is 0 Å². The van der Waals surface area contributed by atoms with Gasteiger partial charge in [0, 0.05) is 11.0 Å². The van der Waals surface area contributed by atoms with Crippen LogP contribution in [0.1, 0.15) is 12.0 Å². The molecule has 0 unspecified atom stereocenters. The summed E-state index contributed by atoms with van der Waals surface area (Å²) in [5.74, 6) is -0.735. The highest BCUT2D eigenvalue weighted by atomic mass is 79.9. The zero-order valence-electron chi connectivity index (χ0n) is 8.47. The van der Waals surface area contributed by atoms with Crippen LogP contribution in [0.5, 0.6) is 0 Å².